The van der Waals surface area contributed by atoms with E-state index in [1.54, 1.807) is 18.7 Å². The van der Waals surface area contributed by atoms with Crippen LogP contribution in [0.25, 0.3) is 16.7 Å². The quantitative estimate of drug-likeness (QED) is 0.665. The fourth-order valence-electron chi connectivity index (χ4n) is 2.21. The molecule has 0 fully saturated rings. The van der Waals surface area contributed by atoms with Crippen LogP contribution in [0.5, 0.6) is 0 Å². The monoisotopic (exact) mass is 296 g/mol. The second kappa shape index (κ2) is 6.14. The summed E-state index contributed by atoms with van der Waals surface area (Å²) in [6.07, 6.45) is 0.572. The topological polar surface area (TPSA) is 34.9 Å². The molecule has 3 rings (SSSR count). The second-order valence-corrected chi connectivity index (χ2v) is 5.92. The SMILES string of the molecule is CC(=O)CCSc1nc2ccccc2n1-c1ccccc1. The lowest BCUT2D eigenvalue weighted by Crippen LogP contribution is -1.98. The summed E-state index contributed by atoms with van der Waals surface area (Å²) < 4.78 is 2.15. The molecule has 21 heavy (non-hydrogen) atoms. The first kappa shape index (κ1) is 13.9. The first-order valence-corrected chi connectivity index (χ1v) is 7.89. The van der Waals surface area contributed by atoms with E-state index >= 15 is 0 Å². The van der Waals surface area contributed by atoms with E-state index in [-0.39, 0.29) is 5.78 Å². The van der Waals surface area contributed by atoms with E-state index < -0.39 is 0 Å². The van der Waals surface area contributed by atoms with Gasteiger partial charge in [0.2, 0.25) is 0 Å². The van der Waals surface area contributed by atoms with E-state index in [0.717, 1.165) is 27.6 Å². The van der Waals surface area contributed by atoms with E-state index in [2.05, 4.69) is 22.8 Å². The number of fused-ring (bicyclic) bond motifs is 1. The highest BCUT2D eigenvalue weighted by molar-refractivity contribution is 7.99. The number of benzene rings is 2. The number of nitrogens with zero attached hydrogens (tertiary/aromatic N) is 2. The maximum absolute atomic E-state index is 11.1. The average molecular weight is 296 g/mol. The van der Waals surface area contributed by atoms with Gasteiger partial charge in [-0.05, 0) is 31.2 Å². The summed E-state index contributed by atoms with van der Waals surface area (Å²) in [6.45, 7) is 1.63. The highest BCUT2D eigenvalue weighted by atomic mass is 32.2. The second-order valence-electron chi connectivity index (χ2n) is 4.85. The Kier molecular flexibility index (Phi) is 4.06. The number of para-hydroxylation sites is 3. The number of hydrogen-bond donors (Lipinski definition) is 0. The maximum Gasteiger partial charge on any atom is 0.173 e. The molecule has 0 saturated heterocycles. The number of ketones is 1. The van der Waals surface area contributed by atoms with Crippen LogP contribution < -0.4 is 0 Å². The molecule has 0 bridgehead atoms. The molecule has 0 amide bonds. The van der Waals surface area contributed by atoms with Crippen LogP contribution >= 0.6 is 11.8 Å². The van der Waals surface area contributed by atoms with E-state index in [1.807, 2.05) is 36.4 Å². The molecule has 1 heterocycles. The van der Waals surface area contributed by atoms with Crippen molar-refractivity contribution in [1.29, 1.82) is 0 Å². The maximum atomic E-state index is 11.1. The number of aromatic nitrogens is 2. The van der Waals surface area contributed by atoms with Crippen LogP contribution in [0.15, 0.2) is 59.8 Å². The molecule has 0 aliphatic rings. The van der Waals surface area contributed by atoms with Crippen LogP contribution in [0.4, 0.5) is 0 Å². The molecular formula is C17H16N2OS. The highest BCUT2D eigenvalue weighted by Crippen LogP contribution is 2.28. The zero-order chi connectivity index (χ0) is 14.7. The van der Waals surface area contributed by atoms with Gasteiger partial charge in [0.1, 0.15) is 5.78 Å². The summed E-state index contributed by atoms with van der Waals surface area (Å²) in [5, 5.41) is 0.934. The van der Waals surface area contributed by atoms with Crippen molar-refractivity contribution in [2.75, 3.05) is 5.75 Å². The van der Waals surface area contributed by atoms with Gasteiger partial charge in [-0.15, -0.1) is 0 Å². The fraction of sp³-hybridized carbons (Fsp3) is 0.176. The minimum atomic E-state index is 0.213. The van der Waals surface area contributed by atoms with Gasteiger partial charge >= 0.3 is 0 Å². The Bertz CT molecular complexity index is 765. The molecular weight excluding hydrogens is 280 g/mol. The molecule has 4 heteroatoms. The predicted octanol–water partition coefficient (Wildman–Crippen LogP) is 4.10. The van der Waals surface area contributed by atoms with Crippen LogP contribution in [0, 0.1) is 0 Å². The molecule has 106 valence electrons. The number of rotatable bonds is 5. The normalized spacial score (nSPS) is 10.9. The van der Waals surface area contributed by atoms with E-state index in [9.17, 15) is 4.79 Å². The Hall–Kier alpha value is -2.07. The van der Waals surface area contributed by atoms with Crippen molar-refractivity contribution < 1.29 is 4.79 Å². The Labute approximate surface area is 128 Å². The largest absolute Gasteiger partial charge is 0.300 e. The summed E-state index contributed by atoms with van der Waals surface area (Å²) in [5.41, 5.74) is 3.16. The number of carbonyl (C=O) groups is 1. The summed E-state index contributed by atoms with van der Waals surface area (Å²) in [5.74, 6) is 0.968. The average Bonchev–Trinajstić information content (AvgIpc) is 2.86. The van der Waals surface area contributed by atoms with Crippen LogP contribution in [0.1, 0.15) is 13.3 Å². The molecule has 3 aromatic rings. The van der Waals surface area contributed by atoms with Crippen LogP contribution in [-0.4, -0.2) is 21.1 Å². The smallest absolute Gasteiger partial charge is 0.173 e. The van der Waals surface area contributed by atoms with Crippen LogP contribution in [0.3, 0.4) is 0 Å². The third-order valence-electron chi connectivity index (χ3n) is 3.23. The number of carbonyl (C=O) groups excluding carboxylic acids is 1. The summed E-state index contributed by atoms with van der Waals surface area (Å²) in [7, 11) is 0. The number of imidazole rings is 1. The summed E-state index contributed by atoms with van der Waals surface area (Å²) in [4.78, 5) is 15.8. The van der Waals surface area contributed by atoms with Crippen molar-refractivity contribution in [2.24, 2.45) is 0 Å². The van der Waals surface area contributed by atoms with Gasteiger partial charge < -0.3 is 0 Å². The minimum absolute atomic E-state index is 0.213. The van der Waals surface area contributed by atoms with Gasteiger partial charge in [-0.2, -0.15) is 0 Å². The molecule has 3 nitrogen and oxygen atoms in total. The Morgan fingerprint density at radius 2 is 1.81 bits per heavy atom. The van der Waals surface area contributed by atoms with Crippen molar-refractivity contribution in [3.8, 4) is 5.69 Å². The molecule has 0 N–H and O–H groups in total. The number of Topliss-reactive ketones (excluding diaryl/α,β-unsaturated/α-hetero) is 1. The zero-order valence-electron chi connectivity index (χ0n) is 11.8. The molecule has 0 radical (unpaired) electrons. The molecule has 1 aromatic heterocycles. The van der Waals surface area contributed by atoms with Gasteiger partial charge in [0.05, 0.1) is 11.0 Å². The fourth-order valence-corrected chi connectivity index (χ4v) is 3.28. The standard InChI is InChI=1S/C17H16N2OS/c1-13(20)11-12-21-17-18-15-9-5-6-10-16(15)19(17)14-7-3-2-4-8-14/h2-10H,11-12H2,1H3. The van der Waals surface area contributed by atoms with Crippen molar-refractivity contribution in [1.82, 2.24) is 9.55 Å². The lowest BCUT2D eigenvalue weighted by atomic mass is 10.3. The first-order valence-electron chi connectivity index (χ1n) is 6.91. The van der Waals surface area contributed by atoms with Gasteiger partial charge in [-0.1, -0.05) is 42.1 Å². The van der Waals surface area contributed by atoms with Crippen molar-refractivity contribution in [2.45, 2.75) is 18.5 Å². The van der Waals surface area contributed by atoms with Gasteiger partial charge in [-0.25, -0.2) is 4.98 Å². The minimum Gasteiger partial charge on any atom is -0.300 e. The van der Waals surface area contributed by atoms with Gasteiger partial charge in [-0.3, -0.25) is 9.36 Å². The van der Waals surface area contributed by atoms with E-state index in [1.165, 1.54) is 0 Å². The Morgan fingerprint density at radius 3 is 2.57 bits per heavy atom. The lowest BCUT2D eigenvalue weighted by molar-refractivity contribution is -0.116. The Balaban J connectivity index is 2.04. The van der Waals surface area contributed by atoms with Gasteiger partial charge in [0.15, 0.2) is 5.16 Å². The van der Waals surface area contributed by atoms with Gasteiger partial charge in [0.25, 0.3) is 0 Å². The summed E-state index contributed by atoms with van der Waals surface area (Å²) >= 11 is 1.63. The predicted molar refractivity (Wildman–Crippen MR) is 87.1 cm³/mol. The highest BCUT2D eigenvalue weighted by Gasteiger charge is 2.12. The molecule has 0 saturated carbocycles. The molecule has 0 aliphatic heterocycles. The third-order valence-corrected chi connectivity index (χ3v) is 4.17. The third kappa shape index (κ3) is 3.00. The molecule has 0 aliphatic carbocycles. The molecule has 2 aromatic carbocycles. The van der Waals surface area contributed by atoms with Gasteiger partial charge in [0, 0.05) is 17.9 Å². The zero-order valence-corrected chi connectivity index (χ0v) is 12.6. The molecule has 0 unspecified atom stereocenters. The van der Waals surface area contributed by atoms with Crippen molar-refractivity contribution in [3.05, 3.63) is 54.6 Å². The summed E-state index contributed by atoms with van der Waals surface area (Å²) in [6, 6.07) is 18.3. The van der Waals surface area contributed by atoms with E-state index in [4.69, 9.17) is 4.98 Å². The van der Waals surface area contributed by atoms with Crippen molar-refractivity contribution in [3.63, 3.8) is 0 Å². The lowest BCUT2D eigenvalue weighted by Gasteiger charge is -2.08. The van der Waals surface area contributed by atoms with Crippen LogP contribution in [-0.2, 0) is 4.79 Å². The first-order chi connectivity index (χ1) is 10.3. The molecule has 0 atom stereocenters. The number of thioether (sulfide) groups is 1. The van der Waals surface area contributed by atoms with Crippen LogP contribution in [0.2, 0.25) is 0 Å². The number of hydrogen-bond acceptors (Lipinski definition) is 3. The molecule has 0 spiro atoms. The Morgan fingerprint density at radius 1 is 1.10 bits per heavy atom. The van der Waals surface area contributed by atoms with Crippen molar-refractivity contribution >= 4 is 28.6 Å². The van der Waals surface area contributed by atoms with E-state index in [0.29, 0.717) is 6.42 Å².